The average molecular weight is 143 g/mol. The van der Waals surface area contributed by atoms with Crippen LogP contribution in [0.1, 0.15) is 46.5 Å². The fourth-order valence-electron chi connectivity index (χ4n) is 0.963. The molecule has 0 fully saturated rings. The maximum Gasteiger partial charge on any atom is 0.00618 e. The lowest BCUT2D eigenvalue weighted by atomic mass is 9.99. The lowest BCUT2D eigenvalue weighted by Gasteiger charge is -2.14. The Bertz CT molecular complexity index is 69.1. The van der Waals surface area contributed by atoms with E-state index in [1.807, 2.05) is 0 Å². The summed E-state index contributed by atoms with van der Waals surface area (Å²) in [4.78, 5) is 0. The van der Waals surface area contributed by atoms with Gasteiger partial charge in [0.05, 0.1) is 0 Å². The van der Waals surface area contributed by atoms with Gasteiger partial charge in [-0.3, -0.25) is 0 Å². The lowest BCUT2D eigenvalue weighted by molar-refractivity contribution is 0.444. The summed E-state index contributed by atoms with van der Waals surface area (Å²) in [6.07, 6.45) is 5.13. The van der Waals surface area contributed by atoms with Crippen molar-refractivity contribution in [2.24, 2.45) is 11.7 Å². The molecule has 62 valence electrons. The maximum absolute atomic E-state index is 5.86. The van der Waals surface area contributed by atoms with Gasteiger partial charge in [0.25, 0.3) is 0 Å². The van der Waals surface area contributed by atoms with Crippen LogP contribution in [0.5, 0.6) is 0 Å². The van der Waals surface area contributed by atoms with E-state index in [-0.39, 0.29) is 0 Å². The zero-order chi connectivity index (χ0) is 7.98. The van der Waals surface area contributed by atoms with E-state index in [1.165, 1.54) is 25.7 Å². The Kier molecular flexibility index (Phi) is 5.70. The molecule has 1 nitrogen and oxygen atoms in total. The van der Waals surface area contributed by atoms with E-state index < -0.39 is 0 Å². The smallest absolute Gasteiger partial charge is 0.00618 e. The molecule has 0 aliphatic rings. The molecule has 0 heterocycles. The summed E-state index contributed by atoms with van der Waals surface area (Å²) < 4.78 is 0. The molecule has 0 aliphatic heterocycles. The Morgan fingerprint density at radius 1 is 1.20 bits per heavy atom. The predicted molar refractivity (Wildman–Crippen MR) is 47.0 cm³/mol. The second-order valence-corrected chi connectivity index (χ2v) is 3.40. The first-order chi connectivity index (χ1) is 4.68. The van der Waals surface area contributed by atoms with Crippen LogP contribution < -0.4 is 5.73 Å². The highest BCUT2D eigenvalue weighted by Crippen LogP contribution is 2.08. The van der Waals surface area contributed by atoms with E-state index in [9.17, 15) is 0 Å². The van der Waals surface area contributed by atoms with Crippen LogP contribution in [0, 0.1) is 5.92 Å². The van der Waals surface area contributed by atoms with Crippen molar-refractivity contribution in [2.45, 2.75) is 52.5 Å². The normalized spacial score (nSPS) is 14.1. The van der Waals surface area contributed by atoms with E-state index >= 15 is 0 Å². The quantitative estimate of drug-likeness (QED) is 0.588. The minimum Gasteiger partial charge on any atom is -0.327 e. The summed E-state index contributed by atoms with van der Waals surface area (Å²) in [6.45, 7) is 6.61. The van der Waals surface area contributed by atoms with Crippen molar-refractivity contribution in [1.82, 2.24) is 0 Å². The zero-order valence-electron chi connectivity index (χ0n) is 7.56. The summed E-state index contributed by atoms with van der Waals surface area (Å²) in [5.41, 5.74) is 5.86. The molecule has 0 aromatic carbocycles. The highest BCUT2D eigenvalue weighted by Gasteiger charge is 2.05. The summed E-state index contributed by atoms with van der Waals surface area (Å²) in [6, 6.07) is 0.423. The van der Waals surface area contributed by atoms with Crippen LogP contribution in [0.2, 0.25) is 0 Å². The van der Waals surface area contributed by atoms with Crippen molar-refractivity contribution in [1.29, 1.82) is 0 Å². The van der Waals surface area contributed by atoms with Gasteiger partial charge in [-0.15, -0.1) is 0 Å². The number of hydrogen-bond acceptors (Lipinski definition) is 1. The minimum absolute atomic E-state index is 0.423. The molecule has 1 heteroatoms. The van der Waals surface area contributed by atoms with Crippen LogP contribution in [-0.2, 0) is 0 Å². The van der Waals surface area contributed by atoms with Crippen LogP contribution in [0.15, 0.2) is 0 Å². The van der Waals surface area contributed by atoms with Crippen molar-refractivity contribution in [3.63, 3.8) is 0 Å². The first kappa shape index (κ1) is 9.96. The number of hydrogen-bond donors (Lipinski definition) is 1. The molecule has 1 unspecified atom stereocenters. The van der Waals surface area contributed by atoms with Crippen LogP contribution >= 0.6 is 0 Å². The molecule has 0 aliphatic carbocycles. The monoisotopic (exact) mass is 143 g/mol. The van der Waals surface area contributed by atoms with E-state index in [0.717, 1.165) is 0 Å². The van der Waals surface area contributed by atoms with Crippen LogP contribution in [0.4, 0.5) is 0 Å². The fourth-order valence-corrected chi connectivity index (χ4v) is 0.963. The topological polar surface area (TPSA) is 26.0 Å². The Labute approximate surface area is 65.0 Å². The van der Waals surface area contributed by atoms with Crippen LogP contribution in [-0.4, -0.2) is 6.04 Å². The Morgan fingerprint density at radius 3 is 2.20 bits per heavy atom. The summed E-state index contributed by atoms with van der Waals surface area (Å²) in [5, 5.41) is 0. The van der Waals surface area contributed by atoms with Gasteiger partial charge in [-0.2, -0.15) is 0 Å². The molecule has 0 amide bonds. The first-order valence-electron chi connectivity index (χ1n) is 4.44. The molecule has 0 saturated carbocycles. The van der Waals surface area contributed by atoms with Gasteiger partial charge in [0.1, 0.15) is 0 Å². The largest absolute Gasteiger partial charge is 0.327 e. The van der Waals surface area contributed by atoms with Crippen molar-refractivity contribution < 1.29 is 0 Å². The molecule has 0 rings (SSSR count). The van der Waals surface area contributed by atoms with E-state index in [4.69, 9.17) is 5.73 Å². The number of nitrogens with two attached hydrogens (primary N) is 1. The van der Waals surface area contributed by atoms with Gasteiger partial charge in [-0.1, -0.05) is 40.0 Å². The number of unbranched alkanes of at least 4 members (excludes halogenated alkanes) is 2. The van der Waals surface area contributed by atoms with Crippen molar-refractivity contribution in [3.05, 3.63) is 0 Å². The minimum atomic E-state index is 0.423. The van der Waals surface area contributed by atoms with Gasteiger partial charge in [-0.05, 0) is 12.3 Å². The lowest BCUT2D eigenvalue weighted by Crippen LogP contribution is -2.25. The second kappa shape index (κ2) is 5.72. The van der Waals surface area contributed by atoms with E-state index in [0.29, 0.717) is 12.0 Å². The molecule has 0 bridgehead atoms. The molecule has 2 N–H and O–H groups in total. The predicted octanol–water partition coefficient (Wildman–Crippen LogP) is 2.55. The van der Waals surface area contributed by atoms with Crippen LogP contribution in [0.3, 0.4) is 0 Å². The van der Waals surface area contributed by atoms with Crippen molar-refractivity contribution in [2.75, 3.05) is 0 Å². The summed E-state index contributed by atoms with van der Waals surface area (Å²) in [7, 11) is 0. The summed E-state index contributed by atoms with van der Waals surface area (Å²) in [5.74, 6) is 0.650. The molecule has 0 spiro atoms. The fraction of sp³-hybridized carbons (Fsp3) is 1.00. The highest BCUT2D eigenvalue weighted by molar-refractivity contribution is 4.64. The van der Waals surface area contributed by atoms with Gasteiger partial charge >= 0.3 is 0 Å². The third kappa shape index (κ3) is 4.80. The Balaban J connectivity index is 3.13. The maximum atomic E-state index is 5.86. The molecular weight excluding hydrogens is 122 g/mol. The highest BCUT2D eigenvalue weighted by atomic mass is 14.6. The van der Waals surface area contributed by atoms with E-state index in [2.05, 4.69) is 20.8 Å². The number of rotatable bonds is 5. The third-order valence-corrected chi connectivity index (χ3v) is 2.00. The molecule has 0 aromatic heterocycles. The van der Waals surface area contributed by atoms with Crippen molar-refractivity contribution >= 4 is 0 Å². The molecule has 10 heavy (non-hydrogen) atoms. The van der Waals surface area contributed by atoms with Gasteiger partial charge in [0.2, 0.25) is 0 Å². The van der Waals surface area contributed by atoms with Gasteiger partial charge in [0.15, 0.2) is 0 Å². The molecule has 0 radical (unpaired) electrons. The van der Waals surface area contributed by atoms with Gasteiger partial charge < -0.3 is 5.73 Å². The molecule has 0 saturated heterocycles. The Hall–Kier alpha value is -0.0400. The molecule has 1 atom stereocenters. The average Bonchev–Trinajstić information content (AvgIpc) is 1.88. The van der Waals surface area contributed by atoms with E-state index in [1.54, 1.807) is 0 Å². The Morgan fingerprint density at radius 2 is 1.80 bits per heavy atom. The summed E-state index contributed by atoms with van der Waals surface area (Å²) >= 11 is 0. The molecule has 0 aromatic rings. The molecular formula is C9H21N. The van der Waals surface area contributed by atoms with Crippen LogP contribution in [0.25, 0.3) is 0 Å². The third-order valence-electron chi connectivity index (χ3n) is 2.00. The standard InChI is InChI=1S/C9H21N/c1-4-5-6-7-9(10)8(2)3/h8-9H,4-7,10H2,1-3H3. The van der Waals surface area contributed by atoms with Crippen molar-refractivity contribution in [3.8, 4) is 0 Å². The van der Waals surface area contributed by atoms with Gasteiger partial charge in [0, 0.05) is 6.04 Å². The first-order valence-corrected chi connectivity index (χ1v) is 4.44. The second-order valence-electron chi connectivity index (χ2n) is 3.40. The zero-order valence-corrected chi connectivity index (χ0v) is 7.56. The van der Waals surface area contributed by atoms with Gasteiger partial charge in [-0.25, -0.2) is 0 Å². The SMILES string of the molecule is CCCCCC(N)C(C)C.